The van der Waals surface area contributed by atoms with Crippen molar-refractivity contribution >= 4 is 27.7 Å². The number of methoxy groups -OCH3 is 2. The lowest BCUT2D eigenvalue weighted by molar-refractivity contribution is -0.129. The Hall–Kier alpha value is -2.23. The summed E-state index contributed by atoms with van der Waals surface area (Å²) in [5.74, 6) is 1.19. The normalized spacial score (nSPS) is 15.1. The van der Waals surface area contributed by atoms with Crippen molar-refractivity contribution in [2.75, 3.05) is 46.2 Å². The van der Waals surface area contributed by atoms with Crippen molar-refractivity contribution in [1.29, 1.82) is 0 Å². The third-order valence-corrected chi connectivity index (χ3v) is 7.86. The van der Waals surface area contributed by atoms with Crippen molar-refractivity contribution in [3.05, 3.63) is 48.0 Å². The summed E-state index contributed by atoms with van der Waals surface area (Å²) in [6.45, 7) is 3.30. The van der Waals surface area contributed by atoms with Crippen LogP contribution in [0.25, 0.3) is 0 Å². The molecule has 0 aromatic heterocycles. The first-order valence-electron chi connectivity index (χ1n) is 9.54. The number of rotatable bonds is 7. The molecule has 30 heavy (non-hydrogen) atoms. The Morgan fingerprint density at radius 3 is 2.20 bits per heavy atom. The number of amides is 1. The molecule has 2 aromatic rings. The van der Waals surface area contributed by atoms with Gasteiger partial charge >= 0.3 is 0 Å². The van der Waals surface area contributed by atoms with Crippen LogP contribution >= 0.6 is 11.8 Å². The van der Waals surface area contributed by atoms with Gasteiger partial charge in [-0.05, 0) is 31.2 Å². The van der Waals surface area contributed by atoms with Crippen LogP contribution in [0.2, 0.25) is 0 Å². The van der Waals surface area contributed by atoms with Gasteiger partial charge in [0.25, 0.3) is 0 Å². The molecule has 0 spiro atoms. The summed E-state index contributed by atoms with van der Waals surface area (Å²) >= 11 is 1.49. The second kappa shape index (κ2) is 9.72. The van der Waals surface area contributed by atoms with Gasteiger partial charge in [-0.25, -0.2) is 8.42 Å². The minimum Gasteiger partial charge on any atom is -0.493 e. The number of thioether (sulfide) groups is 1. The molecule has 1 amide bonds. The second-order valence-electron chi connectivity index (χ2n) is 6.90. The highest BCUT2D eigenvalue weighted by Gasteiger charge is 2.30. The SMILES string of the molecule is COc1ccc(S(=O)(=O)N2CCN(C(=O)CSc3ccc(C)cc3)CC2)cc1OC. The van der Waals surface area contributed by atoms with Crippen molar-refractivity contribution in [3.63, 3.8) is 0 Å². The van der Waals surface area contributed by atoms with Crippen LogP contribution < -0.4 is 9.47 Å². The van der Waals surface area contributed by atoms with Gasteiger partial charge in [0, 0.05) is 37.1 Å². The van der Waals surface area contributed by atoms with Crippen molar-refractivity contribution in [2.45, 2.75) is 16.7 Å². The average Bonchev–Trinajstić information content (AvgIpc) is 2.78. The van der Waals surface area contributed by atoms with E-state index in [2.05, 4.69) is 0 Å². The number of aryl methyl sites for hydroxylation is 1. The number of ether oxygens (including phenoxy) is 2. The molecule has 0 bridgehead atoms. The smallest absolute Gasteiger partial charge is 0.243 e. The summed E-state index contributed by atoms with van der Waals surface area (Å²) < 4.78 is 37.8. The molecule has 1 saturated heterocycles. The monoisotopic (exact) mass is 450 g/mol. The predicted molar refractivity (Wildman–Crippen MR) is 117 cm³/mol. The van der Waals surface area contributed by atoms with Gasteiger partial charge < -0.3 is 14.4 Å². The van der Waals surface area contributed by atoms with Gasteiger partial charge in [-0.15, -0.1) is 11.8 Å². The number of sulfonamides is 1. The van der Waals surface area contributed by atoms with Crippen molar-refractivity contribution in [3.8, 4) is 11.5 Å². The maximum absolute atomic E-state index is 13.0. The van der Waals surface area contributed by atoms with Crippen molar-refractivity contribution in [1.82, 2.24) is 9.21 Å². The van der Waals surface area contributed by atoms with Gasteiger partial charge in [0.15, 0.2) is 11.5 Å². The molecule has 3 rings (SSSR count). The first kappa shape index (κ1) is 22.5. The fourth-order valence-electron chi connectivity index (χ4n) is 3.17. The highest BCUT2D eigenvalue weighted by atomic mass is 32.2. The molecule has 0 aliphatic carbocycles. The van der Waals surface area contributed by atoms with E-state index in [0.717, 1.165) is 4.90 Å². The predicted octanol–water partition coefficient (Wildman–Crippen LogP) is 2.64. The first-order valence-corrected chi connectivity index (χ1v) is 12.0. The summed E-state index contributed by atoms with van der Waals surface area (Å²) in [7, 11) is -0.709. The van der Waals surface area contributed by atoms with Gasteiger partial charge in [0.05, 0.1) is 24.9 Å². The van der Waals surface area contributed by atoms with Crippen molar-refractivity contribution < 1.29 is 22.7 Å². The molecule has 0 saturated carbocycles. The zero-order valence-electron chi connectivity index (χ0n) is 17.3. The number of benzene rings is 2. The van der Waals surface area contributed by atoms with Gasteiger partial charge in [-0.3, -0.25) is 4.79 Å². The van der Waals surface area contributed by atoms with E-state index in [0.29, 0.717) is 30.3 Å². The van der Waals surface area contributed by atoms with Gasteiger partial charge in [-0.2, -0.15) is 4.31 Å². The van der Waals surface area contributed by atoms with E-state index in [1.54, 1.807) is 11.0 Å². The number of carbonyl (C=O) groups excluding carboxylic acids is 1. The number of hydrogen-bond acceptors (Lipinski definition) is 6. The lowest BCUT2D eigenvalue weighted by atomic mass is 10.2. The van der Waals surface area contributed by atoms with E-state index in [4.69, 9.17) is 9.47 Å². The fourth-order valence-corrected chi connectivity index (χ4v) is 5.41. The maximum atomic E-state index is 13.0. The Bertz CT molecular complexity index is 985. The molecule has 7 nitrogen and oxygen atoms in total. The standard InChI is InChI=1S/C21H26N2O5S2/c1-16-4-6-17(7-5-16)29-15-21(24)22-10-12-23(13-11-22)30(25,26)18-8-9-19(27-2)20(14-18)28-3/h4-9,14H,10-13,15H2,1-3H3. The third-order valence-electron chi connectivity index (χ3n) is 4.97. The fraction of sp³-hybridized carbons (Fsp3) is 0.381. The molecule has 1 fully saturated rings. The largest absolute Gasteiger partial charge is 0.493 e. The molecule has 0 atom stereocenters. The van der Waals surface area contributed by atoms with Crippen LogP contribution in [0.4, 0.5) is 0 Å². The Labute approximate surface area is 182 Å². The maximum Gasteiger partial charge on any atom is 0.243 e. The average molecular weight is 451 g/mol. The van der Waals surface area contributed by atoms with Crippen LogP contribution in [-0.2, 0) is 14.8 Å². The summed E-state index contributed by atoms with van der Waals surface area (Å²) in [5, 5.41) is 0. The van der Waals surface area contributed by atoms with Crippen LogP contribution in [0, 0.1) is 6.92 Å². The molecule has 1 heterocycles. The van der Waals surface area contributed by atoms with Crippen LogP contribution in [-0.4, -0.2) is 69.7 Å². The zero-order valence-corrected chi connectivity index (χ0v) is 19.0. The van der Waals surface area contributed by atoms with Crippen LogP contribution in [0.5, 0.6) is 11.5 Å². The van der Waals surface area contributed by atoms with Crippen LogP contribution in [0.15, 0.2) is 52.3 Å². The molecular weight excluding hydrogens is 424 g/mol. The Kier molecular flexibility index (Phi) is 7.27. The number of carbonyl (C=O) groups is 1. The molecule has 9 heteroatoms. The highest BCUT2D eigenvalue weighted by Crippen LogP contribution is 2.31. The molecule has 162 valence electrons. The summed E-state index contributed by atoms with van der Waals surface area (Å²) in [4.78, 5) is 15.4. The van der Waals surface area contributed by atoms with E-state index >= 15 is 0 Å². The summed E-state index contributed by atoms with van der Waals surface area (Å²) in [5.41, 5.74) is 1.18. The van der Waals surface area contributed by atoms with E-state index in [-0.39, 0.29) is 23.9 Å². The zero-order chi connectivity index (χ0) is 21.7. The van der Waals surface area contributed by atoms with E-state index in [1.807, 2.05) is 31.2 Å². The molecule has 1 aliphatic rings. The van der Waals surface area contributed by atoms with E-state index in [1.165, 1.54) is 48.0 Å². The number of nitrogens with zero attached hydrogens (tertiary/aromatic N) is 2. The quantitative estimate of drug-likeness (QED) is 0.604. The van der Waals surface area contributed by atoms with Crippen molar-refractivity contribution in [2.24, 2.45) is 0 Å². The molecule has 0 N–H and O–H groups in total. The van der Waals surface area contributed by atoms with E-state index < -0.39 is 10.0 Å². The lowest BCUT2D eigenvalue weighted by Gasteiger charge is -2.34. The summed E-state index contributed by atoms with van der Waals surface area (Å²) in [6.07, 6.45) is 0. The number of hydrogen-bond donors (Lipinski definition) is 0. The van der Waals surface area contributed by atoms with Gasteiger partial charge in [-0.1, -0.05) is 17.7 Å². The Morgan fingerprint density at radius 1 is 0.967 bits per heavy atom. The van der Waals surface area contributed by atoms with Crippen LogP contribution in [0.3, 0.4) is 0 Å². The summed E-state index contributed by atoms with van der Waals surface area (Å²) in [6, 6.07) is 12.6. The minimum absolute atomic E-state index is 0.0174. The molecule has 0 radical (unpaired) electrons. The molecule has 0 unspecified atom stereocenters. The van der Waals surface area contributed by atoms with E-state index in [9.17, 15) is 13.2 Å². The Morgan fingerprint density at radius 2 is 1.60 bits per heavy atom. The minimum atomic E-state index is -3.67. The third kappa shape index (κ3) is 5.08. The molecule has 2 aromatic carbocycles. The van der Waals surface area contributed by atoms with Gasteiger partial charge in [0.2, 0.25) is 15.9 Å². The number of piperazine rings is 1. The van der Waals surface area contributed by atoms with Crippen LogP contribution in [0.1, 0.15) is 5.56 Å². The highest BCUT2D eigenvalue weighted by molar-refractivity contribution is 8.00. The molecule has 1 aliphatic heterocycles. The first-order chi connectivity index (χ1) is 14.3. The molecular formula is C21H26N2O5S2. The van der Waals surface area contributed by atoms with Gasteiger partial charge in [0.1, 0.15) is 0 Å². The Balaban J connectivity index is 1.58. The topological polar surface area (TPSA) is 76.2 Å². The second-order valence-corrected chi connectivity index (χ2v) is 9.89. The lowest BCUT2D eigenvalue weighted by Crippen LogP contribution is -2.50.